The van der Waals surface area contributed by atoms with E-state index in [0.29, 0.717) is 6.42 Å². The fourth-order valence-electron chi connectivity index (χ4n) is 3.07. The SMILES string of the molecule is CC.CN1CCN(C(=O)CCc2nc3c([nH]2)CCCC3)CC1. The van der Waals surface area contributed by atoms with Crippen molar-refractivity contribution in [3.05, 3.63) is 17.2 Å². The molecule has 22 heavy (non-hydrogen) atoms. The van der Waals surface area contributed by atoms with Gasteiger partial charge in [-0.25, -0.2) is 4.98 Å². The number of nitrogens with one attached hydrogen (secondary N) is 1. The Morgan fingerprint density at radius 1 is 1.14 bits per heavy atom. The van der Waals surface area contributed by atoms with Crippen molar-refractivity contribution in [3.63, 3.8) is 0 Å². The number of likely N-dealkylation sites (N-methyl/N-ethyl adjacent to an activating group) is 1. The van der Waals surface area contributed by atoms with Crippen LogP contribution in [0.3, 0.4) is 0 Å². The summed E-state index contributed by atoms with van der Waals surface area (Å²) in [6, 6.07) is 0. The number of nitrogens with zero attached hydrogens (tertiary/aromatic N) is 3. The molecule has 1 saturated heterocycles. The Morgan fingerprint density at radius 2 is 1.82 bits per heavy atom. The number of rotatable bonds is 3. The zero-order valence-corrected chi connectivity index (χ0v) is 14.3. The average Bonchev–Trinajstić information content (AvgIpc) is 2.98. The molecule has 0 radical (unpaired) electrons. The van der Waals surface area contributed by atoms with Gasteiger partial charge in [0.15, 0.2) is 0 Å². The highest BCUT2D eigenvalue weighted by Crippen LogP contribution is 2.19. The van der Waals surface area contributed by atoms with Crippen molar-refractivity contribution in [1.29, 1.82) is 0 Å². The first-order valence-electron chi connectivity index (χ1n) is 8.75. The molecule has 0 bridgehead atoms. The summed E-state index contributed by atoms with van der Waals surface area (Å²) in [4.78, 5) is 24.5. The standard InChI is InChI=1S/C15H24N4O.C2H6/c1-18-8-10-19(11-9-18)15(20)7-6-14-16-12-4-2-3-5-13(12)17-14;1-2/h2-11H2,1H3,(H,16,17);1-2H3. The second-order valence-corrected chi connectivity index (χ2v) is 6.00. The van der Waals surface area contributed by atoms with Crippen molar-refractivity contribution >= 4 is 5.91 Å². The molecule has 5 heteroatoms. The number of aromatic amines is 1. The summed E-state index contributed by atoms with van der Waals surface area (Å²) in [5, 5.41) is 0. The third-order valence-electron chi connectivity index (χ3n) is 4.44. The van der Waals surface area contributed by atoms with Crippen LogP contribution in [0.1, 0.15) is 50.3 Å². The van der Waals surface area contributed by atoms with E-state index in [0.717, 1.165) is 51.3 Å². The van der Waals surface area contributed by atoms with E-state index in [4.69, 9.17) is 0 Å². The Morgan fingerprint density at radius 3 is 2.50 bits per heavy atom. The van der Waals surface area contributed by atoms with Gasteiger partial charge in [-0.05, 0) is 32.7 Å². The van der Waals surface area contributed by atoms with Crippen LogP contribution >= 0.6 is 0 Å². The number of hydrogen-bond donors (Lipinski definition) is 1. The van der Waals surface area contributed by atoms with Gasteiger partial charge in [-0.15, -0.1) is 0 Å². The van der Waals surface area contributed by atoms with Crippen LogP contribution in [0, 0.1) is 0 Å². The topological polar surface area (TPSA) is 52.2 Å². The first kappa shape index (κ1) is 17.0. The Balaban J connectivity index is 0.000000847. The molecule has 0 saturated carbocycles. The molecule has 1 aliphatic heterocycles. The summed E-state index contributed by atoms with van der Waals surface area (Å²) in [6.07, 6.45) is 6.05. The summed E-state index contributed by atoms with van der Waals surface area (Å²) in [7, 11) is 2.11. The maximum atomic E-state index is 12.2. The lowest BCUT2D eigenvalue weighted by Crippen LogP contribution is -2.47. The summed E-state index contributed by atoms with van der Waals surface area (Å²) < 4.78 is 0. The summed E-state index contributed by atoms with van der Waals surface area (Å²) in [5.41, 5.74) is 2.54. The van der Waals surface area contributed by atoms with Gasteiger partial charge in [0.05, 0.1) is 5.69 Å². The minimum atomic E-state index is 0.271. The van der Waals surface area contributed by atoms with Crippen LogP contribution in [-0.2, 0) is 24.1 Å². The number of fused-ring (bicyclic) bond motifs is 1. The Bertz CT molecular complexity index is 452. The zero-order valence-electron chi connectivity index (χ0n) is 14.3. The zero-order chi connectivity index (χ0) is 15.9. The summed E-state index contributed by atoms with van der Waals surface area (Å²) >= 11 is 0. The van der Waals surface area contributed by atoms with E-state index in [1.165, 1.54) is 24.2 Å². The molecular formula is C17H30N4O. The van der Waals surface area contributed by atoms with Crippen LogP contribution in [0.25, 0.3) is 0 Å². The molecule has 0 unspecified atom stereocenters. The van der Waals surface area contributed by atoms with Crippen LogP contribution in [0.15, 0.2) is 0 Å². The van der Waals surface area contributed by atoms with Gasteiger partial charge in [-0.3, -0.25) is 4.79 Å². The lowest BCUT2D eigenvalue weighted by Gasteiger charge is -2.32. The largest absolute Gasteiger partial charge is 0.346 e. The molecular weight excluding hydrogens is 276 g/mol. The third-order valence-corrected chi connectivity index (χ3v) is 4.44. The van der Waals surface area contributed by atoms with Crippen molar-refractivity contribution in [2.75, 3.05) is 33.2 Å². The third kappa shape index (κ3) is 4.32. The van der Waals surface area contributed by atoms with Crippen molar-refractivity contribution in [2.24, 2.45) is 0 Å². The molecule has 0 atom stereocenters. The molecule has 3 rings (SSSR count). The lowest BCUT2D eigenvalue weighted by molar-refractivity contribution is -0.132. The molecule has 1 aromatic rings. The van der Waals surface area contributed by atoms with Gasteiger partial charge in [0.25, 0.3) is 0 Å². The molecule has 124 valence electrons. The highest BCUT2D eigenvalue weighted by molar-refractivity contribution is 5.76. The smallest absolute Gasteiger partial charge is 0.223 e. The van der Waals surface area contributed by atoms with Crippen LogP contribution in [0.4, 0.5) is 0 Å². The number of H-pyrrole nitrogens is 1. The maximum absolute atomic E-state index is 12.2. The van der Waals surface area contributed by atoms with E-state index in [-0.39, 0.29) is 5.91 Å². The van der Waals surface area contributed by atoms with Crippen molar-refractivity contribution in [3.8, 4) is 0 Å². The Kier molecular flexibility index (Phi) is 6.43. The molecule has 2 heterocycles. The van der Waals surface area contributed by atoms with Crippen LogP contribution in [0.5, 0.6) is 0 Å². The number of carbonyl (C=O) groups excluding carboxylic acids is 1. The number of carbonyl (C=O) groups is 1. The number of piperazine rings is 1. The molecule has 2 aliphatic rings. The predicted octanol–water partition coefficient (Wildman–Crippen LogP) is 2.02. The van der Waals surface area contributed by atoms with E-state index in [9.17, 15) is 4.79 Å². The Labute approximate surface area is 134 Å². The van der Waals surface area contributed by atoms with E-state index < -0.39 is 0 Å². The van der Waals surface area contributed by atoms with Gasteiger partial charge in [-0.1, -0.05) is 13.8 Å². The molecule has 1 aromatic heterocycles. The second kappa shape index (κ2) is 8.32. The van der Waals surface area contributed by atoms with Crippen molar-refractivity contribution in [2.45, 2.75) is 52.4 Å². The maximum Gasteiger partial charge on any atom is 0.223 e. The molecule has 5 nitrogen and oxygen atoms in total. The van der Waals surface area contributed by atoms with E-state index in [2.05, 4.69) is 21.9 Å². The van der Waals surface area contributed by atoms with Gasteiger partial charge in [0.2, 0.25) is 5.91 Å². The first-order valence-corrected chi connectivity index (χ1v) is 8.75. The fourth-order valence-corrected chi connectivity index (χ4v) is 3.07. The van der Waals surface area contributed by atoms with Crippen LogP contribution in [-0.4, -0.2) is 58.9 Å². The fraction of sp³-hybridized carbons (Fsp3) is 0.765. The Hall–Kier alpha value is -1.36. The molecule has 0 spiro atoms. The minimum absolute atomic E-state index is 0.271. The van der Waals surface area contributed by atoms with E-state index in [1.807, 2.05) is 18.7 Å². The van der Waals surface area contributed by atoms with Crippen molar-refractivity contribution < 1.29 is 4.79 Å². The van der Waals surface area contributed by atoms with Crippen LogP contribution < -0.4 is 0 Å². The quantitative estimate of drug-likeness (QED) is 0.929. The van der Waals surface area contributed by atoms with Gasteiger partial charge in [-0.2, -0.15) is 0 Å². The summed E-state index contributed by atoms with van der Waals surface area (Å²) in [5.74, 6) is 1.27. The van der Waals surface area contributed by atoms with Gasteiger partial charge >= 0.3 is 0 Å². The lowest BCUT2D eigenvalue weighted by atomic mass is 10.0. The normalized spacial score (nSPS) is 18.4. The van der Waals surface area contributed by atoms with Gasteiger partial charge < -0.3 is 14.8 Å². The predicted molar refractivity (Wildman–Crippen MR) is 89.0 cm³/mol. The number of imidazole rings is 1. The van der Waals surface area contributed by atoms with E-state index >= 15 is 0 Å². The van der Waals surface area contributed by atoms with E-state index in [1.54, 1.807) is 0 Å². The molecule has 1 fully saturated rings. The number of hydrogen-bond acceptors (Lipinski definition) is 3. The molecule has 1 N–H and O–H groups in total. The number of amides is 1. The summed E-state index contributed by atoms with van der Waals surface area (Å²) in [6.45, 7) is 7.70. The molecule has 1 aliphatic carbocycles. The molecule has 0 aromatic carbocycles. The average molecular weight is 306 g/mol. The number of aryl methyl sites for hydroxylation is 3. The van der Waals surface area contributed by atoms with Crippen LogP contribution in [0.2, 0.25) is 0 Å². The monoisotopic (exact) mass is 306 g/mol. The number of aromatic nitrogens is 2. The van der Waals surface area contributed by atoms with Crippen molar-refractivity contribution in [1.82, 2.24) is 19.8 Å². The molecule has 1 amide bonds. The van der Waals surface area contributed by atoms with Gasteiger partial charge in [0, 0.05) is 44.7 Å². The highest BCUT2D eigenvalue weighted by Gasteiger charge is 2.20. The highest BCUT2D eigenvalue weighted by atomic mass is 16.2. The minimum Gasteiger partial charge on any atom is -0.346 e. The second-order valence-electron chi connectivity index (χ2n) is 6.00. The first-order chi connectivity index (χ1) is 10.7. The van der Waals surface area contributed by atoms with Gasteiger partial charge in [0.1, 0.15) is 5.82 Å².